The molecular weight excluding hydrogens is 311 g/mol. The standard InChI is InChI=1S/C18H19FN2OS/c1-2-3-9-20-18(22)16-11-17-15(8-10-23-17)21(16)12-13-4-6-14(19)7-5-13/h4-8,10-11H,2-3,9,12H2,1H3,(H,20,22). The minimum atomic E-state index is -0.250. The molecule has 3 aromatic rings. The second-order valence-electron chi connectivity index (χ2n) is 5.52. The SMILES string of the molecule is CCCCNC(=O)c1cc2sccc2n1Cc1ccc(F)cc1. The van der Waals surface area contributed by atoms with E-state index in [-0.39, 0.29) is 11.7 Å². The summed E-state index contributed by atoms with van der Waals surface area (Å²) in [7, 11) is 0. The Kier molecular flexibility index (Phi) is 4.76. The summed E-state index contributed by atoms with van der Waals surface area (Å²) in [6.45, 7) is 3.33. The first-order chi connectivity index (χ1) is 11.2. The van der Waals surface area contributed by atoms with Crippen molar-refractivity contribution in [3.8, 4) is 0 Å². The summed E-state index contributed by atoms with van der Waals surface area (Å²) >= 11 is 1.62. The third-order valence-corrected chi connectivity index (χ3v) is 4.68. The van der Waals surface area contributed by atoms with Gasteiger partial charge in [0.1, 0.15) is 11.5 Å². The average molecular weight is 330 g/mol. The van der Waals surface area contributed by atoms with Crippen LogP contribution in [0.2, 0.25) is 0 Å². The van der Waals surface area contributed by atoms with E-state index in [4.69, 9.17) is 0 Å². The van der Waals surface area contributed by atoms with Gasteiger partial charge in [-0.25, -0.2) is 4.39 Å². The average Bonchev–Trinajstić information content (AvgIpc) is 3.12. The monoisotopic (exact) mass is 330 g/mol. The Bertz CT molecular complexity index is 804. The van der Waals surface area contributed by atoms with Crippen molar-refractivity contribution in [2.24, 2.45) is 0 Å². The Labute approximate surface area is 138 Å². The number of rotatable bonds is 6. The highest BCUT2D eigenvalue weighted by Crippen LogP contribution is 2.26. The molecule has 0 aliphatic heterocycles. The molecule has 2 heterocycles. The lowest BCUT2D eigenvalue weighted by atomic mass is 10.2. The summed E-state index contributed by atoms with van der Waals surface area (Å²) in [6, 6.07) is 10.4. The minimum Gasteiger partial charge on any atom is -0.351 e. The Morgan fingerprint density at radius 2 is 2.04 bits per heavy atom. The number of nitrogens with zero attached hydrogens (tertiary/aromatic N) is 1. The van der Waals surface area contributed by atoms with Gasteiger partial charge in [0.25, 0.3) is 5.91 Å². The maximum absolute atomic E-state index is 13.1. The van der Waals surface area contributed by atoms with Gasteiger partial charge in [-0.1, -0.05) is 25.5 Å². The smallest absolute Gasteiger partial charge is 0.267 e. The summed E-state index contributed by atoms with van der Waals surface area (Å²) < 4.78 is 16.2. The fourth-order valence-electron chi connectivity index (χ4n) is 2.58. The Hall–Kier alpha value is -2.14. The number of amides is 1. The molecule has 0 atom stereocenters. The second kappa shape index (κ2) is 6.96. The van der Waals surface area contributed by atoms with E-state index in [1.54, 1.807) is 23.5 Å². The quantitative estimate of drug-likeness (QED) is 0.667. The Morgan fingerprint density at radius 3 is 2.78 bits per heavy atom. The van der Waals surface area contributed by atoms with Gasteiger partial charge < -0.3 is 9.88 Å². The van der Waals surface area contributed by atoms with Crippen LogP contribution in [0.1, 0.15) is 35.8 Å². The van der Waals surface area contributed by atoms with Crippen LogP contribution < -0.4 is 5.32 Å². The van der Waals surface area contributed by atoms with Gasteiger partial charge in [0.2, 0.25) is 0 Å². The zero-order chi connectivity index (χ0) is 16.2. The molecule has 0 unspecified atom stereocenters. The van der Waals surface area contributed by atoms with Crippen LogP contribution in [-0.4, -0.2) is 17.0 Å². The summed E-state index contributed by atoms with van der Waals surface area (Å²) in [5, 5.41) is 4.99. The molecule has 5 heteroatoms. The highest BCUT2D eigenvalue weighted by molar-refractivity contribution is 7.17. The Morgan fingerprint density at radius 1 is 1.26 bits per heavy atom. The molecule has 0 spiro atoms. The molecule has 120 valence electrons. The molecule has 0 saturated carbocycles. The number of fused-ring (bicyclic) bond motifs is 1. The molecular formula is C18H19FN2OS. The van der Waals surface area contributed by atoms with E-state index in [2.05, 4.69) is 12.2 Å². The normalized spacial score (nSPS) is 11.0. The van der Waals surface area contributed by atoms with Crippen LogP contribution >= 0.6 is 11.3 Å². The first-order valence-corrected chi connectivity index (χ1v) is 8.66. The second-order valence-corrected chi connectivity index (χ2v) is 6.47. The van der Waals surface area contributed by atoms with Crippen LogP contribution in [-0.2, 0) is 6.54 Å². The van der Waals surface area contributed by atoms with Crippen molar-refractivity contribution >= 4 is 27.5 Å². The third kappa shape index (κ3) is 3.45. The van der Waals surface area contributed by atoms with Crippen LogP contribution in [0.4, 0.5) is 4.39 Å². The predicted octanol–water partition coefficient (Wildman–Crippen LogP) is 4.42. The number of hydrogen-bond donors (Lipinski definition) is 1. The van der Waals surface area contributed by atoms with E-state index in [1.165, 1.54) is 12.1 Å². The predicted molar refractivity (Wildman–Crippen MR) is 92.6 cm³/mol. The van der Waals surface area contributed by atoms with E-state index in [0.717, 1.165) is 28.6 Å². The van der Waals surface area contributed by atoms with Gasteiger partial charge in [0.05, 0.1) is 10.2 Å². The topological polar surface area (TPSA) is 34.0 Å². The lowest BCUT2D eigenvalue weighted by molar-refractivity contribution is 0.0945. The van der Waals surface area contributed by atoms with Crippen molar-refractivity contribution in [2.75, 3.05) is 6.54 Å². The third-order valence-electron chi connectivity index (χ3n) is 3.83. The fraction of sp³-hybridized carbons (Fsp3) is 0.278. The number of nitrogens with one attached hydrogen (secondary N) is 1. The number of benzene rings is 1. The molecule has 0 saturated heterocycles. The van der Waals surface area contributed by atoms with Crippen LogP contribution in [0.15, 0.2) is 41.8 Å². The van der Waals surface area contributed by atoms with Crippen molar-refractivity contribution in [2.45, 2.75) is 26.3 Å². The largest absolute Gasteiger partial charge is 0.351 e. The van der Waals surface area contributed by atoms with Gasteiger partial charge in [-0.2, -0.15) is 0 Å². The van der Waals surface area contributed by atoms with Gasteiger partial charge in [0.15, 0.2) is 0 Å². The number of halogens is 1. The van der Waals surface area contributed by atoms with Crippen LogP contribution in [0.5, 0.6) is 0 Å². The molecule has 0 aliphatic rings. The number of aromatic nitrogens is 1. The highest BCUT2D eigenvalue weighted by Gasteiger charge is 2.16. The van der Waals surface area contributed by atoms with Gasteiger partial charge in [0, 0.05) is 13.1 Å². The molecule has 23 heavy (non-hydrogen) atoms. The number of thiophene rings is 1. The molecule has 1 amide bonds. The van der Waals surface area contributed by atoms with E-state index >= 15 is 0 Å². The van der Waals surface area contributed by atoms with Crippen molar-refractivity contribution in [1.29, 1.82) is 0 Å². The first kappa shape index (κ1) is 15.7. The molecule has 1 N–H and O–H groups in total. The summed E-state index contributed by atoms with van der Waals surface area (Å²) in [5.74, 6) is -0.302. The van der Waals surface area contributed by atoms with E-state index in [0.29, 0.717) is 18.8 Å². The summed E-state index contributed by atoms with van der Waals surface area (Å²) in [6.07, 6.45) is 2.02. The van der Waals surface area contributed by atoms with Crippen LogP contribution in [0, 0.1) is 5.82 Å². The number of hydrogen-bond acceptors (Lipinski definition) is 2. The molecule has 1 aromatic carbocycles. The van der Waals surface area contributed by atoms with Crippen molar-refractivity contribution in [1.82, 2.24) is 9.88 Å². The summed E-state index contributed by atoms with van der Waals surface area (Å²) in [5.41, 5.74) is 2.67. The van der Waals surface area contributed by atoms with E-state index < -0.39 is 0 Å². The molecule has 0 aliphatic carbocycles. The van der Waals surface area contributed by atoms with Crippen molar-refractivity contribution < 1.29 is 9.18 Å². The molecule has 0 bridgehead atoms. The molecule has 2 aromatic heterocycles. The van der Waals surface area contributed by atoms with Crippen LogP contribution in [0.3, 0.4) is 0 Å². The Balaban J connectivity index is 1.90. The first-order valence-electron chi connectivity index (χ1n) is 7.78. The molecule has 0 fully saturated rings. The van der Waals surface area contributed by atoms with Gasteiger partial charge in [-0.05, 0) is 41.6 Å². The zero-order valence-electron chi connectivity index (χ0n) is 13.0. The maximum atomic E-state index is 13.1. The molecule has 0 radical (unpaired) electrons. The highest BCUT2D eigenvalue weighted by atomic mass is 32.1. The lowest BCUT2D eigenvalue weighted by Crippen LogP contribution is -2.27. The fourth-order valence-corrected chi connectivity index (χ4v) is 3.40. The number of carbonyl (C=O) groups is 1. The zero-order valence-corrected chi connectivity index (χ0v) is 13.8. The van der Waals surface area contributed by atoms with Crippen molar-refractivity contribution in [3.05, 3.63) is 58.9 Å². The van der Waals surface area contributed by atoms with E-state index in [1.807, 2.05) is 22.1 Å². The minimum absolute atomic E-state index is 0.0519. The number of carbonyl (C=O) groups excluding carboxylic acids is 1. The lowest BCUT2D eigenvalue weighted by Gasteiger charge is -2.11. The van der Waals surface area contributed by atoms with E-state index in [9.17, 15) is 9.18 Å². The van der Waals surface area contributed by atoms with Crippen LogP contribution in [0.25, 0.3) is 10.2 Å². The molecule has 3 nitrogen and oxygen atoms in total. The maximum Gasteiger partial charge on any atom is 0.267 e. The summed E-state index contributed by atoms with van der Waals surface area (Å²) in [4.78, 5) is 12.5. The molecule has 3 rings (SSSR count). The number of unbranched alkanes of at least 4 members (excludes halogenated alkanes) is 1. The van der Waals surface area contributed by atoms with Gasteiger partial charge in [-0.3, -0.25) is 4.79 Å². The van der Waals surface area contributed by atoms with Gasteiger partial charge >= 0.3 is 0 Å². The van der Waals surface area contributed by atoms with Crippen molar-refractivity contribution in [3.63, 3.8) is 0 Å². The van der Waals surface area contributed by atoms with Gasteiger partial charge in [-0.15, -0.1) is 11.3 Å².